The summed E-state index contributed by atoms with van der Waals surface area (Å²) in [5.74, 6) is 0.116. The Hall–Kier alpha value is -1.55. The van der Waals surface area contributed by atoms with Crippen molar-refractivity contribution in [1.82, 2.24) is 10.2 Å². The smallest absolute Gasteiger partial charge is 0.234 e. The van der Waals surface area contributed by atoms with E-state index in [0.717, 1.165) is 24.1 Å². The first-order valence-electron chi connectivity index (χ1n) is 6.93. The van der Waals surface area contributed by atoms with E-state index in [9.17, 15) is 4.79 Å². The third kappa shape index (κ3) is 4.24. The molecule has 4 nitrogen and oxygen atoms in total. The second-order valence-corrected chi connectivity index (χ2v) is 5.54. The molecule has 0 aliphatic heterocycles. The molecule has 1 aromatic carbocycles. The van der Waals surface area contributed by atoms with Crippen molar-refractivity contribution in [1.29, 1.82) is 0 Å². The van der Waals surface area contributed by atoms with Crippen molar-refractivity contribution in [3.63, 3.8) is 0 Å². The molecule has 0 spiro atoms. The number of carbonyl (C=O) groups excluding carboxylic acids is 1. The SMILES string of the molecule is CC(C)N(CC(=O)NC1CC1)Cc1ccccc1N. The maximum Gasteiger partial charge on any atom is 0.234 e. The molecule has 1 aliphatic carbocycles. The highest BCUT2D eigenvalue weighted by Crippen LogP contribution is 2.19. The number of hydrogen-bond donors (Lipinski definition) is 2. The van der Waals surface area contributed by atoms with Crippen molar-refractivity contribution < 1.29 is 4.79 Å². The standard InChI is InChI=1S/C15H23N3O/c1-11(2)18(10-15(19)17-13-7-8-13)9-12-5-3-4-6-14(12)16/h3-6,11,13H,7-10,16H2,1-2H3,(H,17,19). The highest BCUT2D eigenvalue weighted by atomic mass is 16.2. The average molecular weight is 261 g/mol. The molecule has 0 bridgehead atoms. The Morgan fingerprint density at radius 2 is 2.11 bits per heavy atom. The zero-order chi connectivity index (χ0) is 13.8. The van der Waals surface area contributed by atoms with Crippen molar-refractivity contribution in [3.8, 4) is 0 Å². The normalized spacial score (nSPS) is 14.9. The van der Waals surface area contributed by atoms with Crippen molar-refractivity contribution in [2.45, 2.75) is 45.3 Å². The molecule has 0 atom stereocenters. The van der Waals surface area contributed by atoms with Crippen LogP contribution in [0.2, 0.25) is 0 Å². The van der Waals surface area contributed by atoms with Crippen LogP contribution in [0.3, 0.4) is 0 Å². The van der Waals surface area contributed by atoms with Gasteiger partial charge in [0.1, 0.15) is 0 Å². The zero-order valence-electron chi connectivity index (χ0n) is 11.7. The van der Waals surface area contributed by atoms with Gasteiger partial charge in [0, 0.05) is 24.3 Å². The predicted molar refractivity (Wildman–Crippen MR) is 77.6 cm³/mol. The minimum Gasteiger partial charge on any atom is -0.398 e. The third-order valence-electron chi connectivity index (χ3n) is 3.45. The number of anilines is 1. The summed E-state index contributed by atoms with van der Waals surface area (Å²) in [4.78, 5) is 14.0. The number of rotatable bonds is 6. The Bertz CT molecular complexity index is 441. The van der Waals surface area contributed by atoms with Gasteiger partial charge in [-0.05, 0) is 38.3 Å². The first kappa shape index (κ1) is 13.9. The maximum absolute atomic E-state index is 11.9. The van der Waals surface area contributed by atoms with Gasteiger partial charge < -0.3 is 11.1 Å². The van der Waals surface area contributed by atoms with Gasteiger partial charge in [-0.15, -0.1) is 0 Å². The number of nitrogens with two attached hydrogens (primary N) is 1. The van der Waals surface area contributed by atoms with Gasteiger partial charge >= 0.3 is 0 Å². The van der Waals surface area contributed by atoms with E-state index in [1.165, 1.54) is 0 Å². The van der Waals surface area contributed by atoms with Crippen LogP contribution in [0, 0.1) is 0 Å². The summed E-state index contributed by atoms with van der Waals surface area (Å²) in [5.41, 5.74) is 7.83. The monoisotopic (exact) mass is 261 g/mol. The fourth-order valence-electron chi connectivity index (χ4n) is 2.00. The van der Waals surface area contributed by atoms with E-state index >= 15 is 0 Å². The Balaban J connectivity index is 1.95. The molecular weight excluding hydrogens is 238 g/mol. The van der Waals surface area contributed by atoms with Crippen LogP contribution >= 0.6 is 0 Å². The number of hydrogen-bond acceptors (Lipinski definition) is 3. The second kappa shape index (κ2) is 6.06. The summed E-state index contributed by atoms with van der Waals surface area (Å²) in [7, 11) is 0. The van der Waals surface area contributed by atoms with Crippen LogP contribution in [0.25, 0.3) is 0 Å². The number of para-hydroxylation sites is 1. The topological polar surface area (TPSA) is 58.4 Å². The molecule has 0 heterocycles. The molecule has 0 aromatic heterocycles. The Labute approximate surface area is 115 Å². The molecule has 19 heavy (non-hydrogen) atoms. The summed E-state index contributed by atoms with van der Waals surface area (Å²) in [6.45, 7) is 5.35. The molecule has 0 radical (unpaired) electrons. The largest absolute Gasteiger partial charge is 0.398 e. The minimum atomic E-state index is 0.116. The van der Waals surface area contributed by atoms with Crippen molar-refractivity contribution >= 4 is 11.6 Å². The van der Waals surface area contributed by atoms with Crippen LogP contribution in [0.4, 0.5) is 5.69 Å². The van der Waals surface area contributed by atoms with Gasteiger partial charge in [0.2, 0.25) is 5.91 Å². The summed E-state index contributed by atoms with van der Waals surface area (Å²) >= 11 is 0. The molecule has 1 fully saturated rings. The van der Waals surface area contributed by atoms with Gasteiger partial charge in [-0.25, -0.2) is 0 Å². The number of amides is 1. The molecule has 104 valence electrons. The Morgan fingerprint density at radius 1 is 1.42 bits per heavy atom. The van der Waals surface area contributed by atoms with Gasteiger partial charge in [-0.3, -0.25) is 9.69 Å². The number of nitrogen functional groups attached to an aromatic ring is 1. The average Bonchev–Trinajstić information content (AvgIpc) is 3.14. The van der Waals surface area contributed by atoms with E-state index in [2.05, 4.69) is 24.1 Å². The number of nitrogens with zero attached hydrogens (tertiary/aromatic N) is 1. The zero-order valence-corrected chi connectivity index (χ0v) is 11.7. The number of carbonyl (C=O) groups is 1. The highest BCUT2D eigenvalue weighted by Gasteiger charge is 2.24. The lowest BCUT2D eigenvalue weighted by molar-refractivity contribution is -0.123. The lowest BCUT2D eigenvalue weighted by Crippen LogP contribution is -2.41. The molecule has 2 rings (SSSR count). The van der Waals surface area contributed by atoms with E-state index in [4.69, 9.17) is 5.73 Å². The molecule has 1 saturated carbocycles. The van der Waals surface area contributed by atoms with E-state index in [1.807, 2.05) is 24.3 Å². The molecule has 1 aliphatic rings. The van der Waals surface area contributed by atoms with Gasteiger partial charge in [-0.1, -0.05) is 18.2 Å². The summed E-state index contributed by atoms with van der Waals surface area (Å²) in [5, 5.41) is 3.03. The maximum atomic E-state index is 11.9. The van der Waals surface area contributed by atoms with Gasteiger partial charge in [0.25, 0.3) is 0 Å². The van der Waals surface area contributed by atoms with Gasteiger partial charge in [0.15, 0.2) is 0 Å². The molecule has 1 aromatic rings. The van der Waals surface area contributed by atoms with Crippen LogP contribution < -0.4 is 11.1 Å². The number of nitrogens with one attached hydrogen (secondary N) is 1. The predicted octanol–water partition coefficient (Wildman–Crippen LogP) is 1.76. The van der Waals surface area contributed by atoms with Crippen molar-refractivity contribution in [2.75, 3.05) is 12.3 Å². The lowest BCUT2D eigenvalue weighted by atomic mass is 10.1. The molecular formula is C15H23N3O. The van der Waals surface area contributed by atoms with Crippen LogP contribution in [0.5, 0.6) is 0 Å². The second-order valence-electron chi connectivity index (χ2n) is 5.54. The van der Waals surface area contributed by atoms with E-state index < -0.39 is 0 Å². The third-order valence-corrected chi connectivity index (χ3v) is 3.45. The fourth-order valence-corrected chi connectivity index (χ4v) is 2.00. The lowest BCUT2D eigenvalue weighted by Gasteiger charge is -2.26. The Kier molecular flexibility index (Phi) is 4.43. The molecule has 0 unspecified atom stereocenters. The molecule has 0 saturated heterocycles. The van der Waals surface area contributed by atoms with Crippen molar-refractivity contribution in [2.24, 2.45) is 0 Å². The van der Waals surface area contributed by atoms with E-state index in [-0.39, 0.29) is 5.91 Å². The number of benzene rings is 1. The first-order valence-corrected chi connectivity index (χ1v) is 6.93. The van der Waals surface area contributed by atoms with Crippen LogP contribution in [0.15, 0.2) is 24.3 Å². The molecule has 4 heteroatoms. The Morgan fingerprint density at radius 3 is 2.68 bits per heavy atom. The van der Waals surface area contributed by atoms with Gasteiger partial charge in [-0.2, -0.15) is 0 Å². The highest BCUT2D eigenvalue weighted by molar-refractivity contribution is 5.78. The van der Waals surface area contributed by atoms with E-state index in [0.29, 0.717) is 25.2 Å². The summed E-state index contributed by atoms with van der Waals surface area (Å²) in [6, 6.07) is 8.56. The van der Waals surface area contributed by atoms with Crippen LogP contribution in [-0.4, -0.2) is 29.4 Å². The van der Waals surface area contributed by atoms with Crippen LogP contribution in [-0.2, 0) is 11.3 Å². The van der Waals surface area contributed by atoms with Crippen LogP contribution in [0.1, 0.15) is 32.3 Å². The van der Waals surface area contributed by atoms with Gasteiger partial charge in [0.05, 0.1) is 6.54 Å². The quantitative estimate of drug-likeness (QED) is 0.767. The first-order chi connectivity index (χ1) is 9.06. The molecule has 1 amide bonds. The molecule has 3 N–H and O–H groups in total. The van der Waals surface area contributed by atoms with Crippen molar-refractivity contribution in [3.05, 3.63) is 29.8 Å². The summed E-state index contributed by atoms with van der Waals surface area (Å²) < 4.78 is 0. The fraction of sp³-hybridized carbons (Fsp3) is 0.533. The van der Waals surface area contributed by atoms with E-state index in [1.54, 1.807) is 0 Å². The minimum absolute atomic E-state index is 0.116. The summed E-state index contributed by atoms with van der Waals surface area (Å²) in [6.07, 6.45) is 2.25.